The fraction of sp³-hybridized carbons (Fsp3) is 0.500. The summed E-state index contributed by atoms with van der Waals surface area (Å²) in [6.45, 7) is 9.48. The van der Waals surface area contributed by atoms with Crippen LogP contribution in [-0.4, -0.2) is 33.7 Å². The van der Waals surface area contributed by atoms with Crippen molar-refractivity contribution in [2.75, 3.05) is 18.8 Å². The highest BCUT2D eigenvalue weighted by Gasteiger charge is 2.21. The summed E-state index contributed by atoms with van der Waals surface area (Å²) in [5.74, 6) is -0.0800. The van der Waals surface area contributed by atoms with E-state index in [1.54, 1.807) is 15.7 Å². The van der Waals surface area contributed by atoms with E-state index in [0.717, 1.165) is 6.42 Å². The van der Waals surface area contributed by atoms with Gasteiger partial charge in [-0.3, -0.25) is 9.48 Å². The third-order valence-corrected chi connectivity index (χ3v) is 2.50. The van der Waals surface area contributed by atoms with Gasteiger partial charge in [-0.15, -0.1) is 6.58 Å². The van der Waals surface area contributed by atoms with Crippen LogP contribution in [0.3, 0.4) is 0 Å². The minimum atomic E-state index is -0.0800. The number of hydrogen-bond acceptors (Lipinski definition) is 3. The van der Waals surface area contributed by atoms with Crippen molar-refractivity contribution in [1.29, 1.82) is 0 Å². The number of amides is 1. The molecular weight excluding hydrogens is 216 g/mol. The largest absolute Gasteiger partial charge is 0.396 e. The molecule has 0 saturated carbocycles. The van der Waals surface area contributed by atoms with Crippen LogP contribution in [0.2, 0.25) is 0 Å². The van der Waals surface area contributed by atoms with Gasteiger partial charge in [0.15, 0.2) is 0 Å². The van der Waals surface area contributed by atoms with Gasteiger partial charge in [-0.25, -0.2) is 0 Å². The Morgan fingerprint density at radius 1 is 1.65 bits per heavy atom. The Labute approximate surface area is 102 Å². The number of hydrogen-bond donors (Lipinski definition) is 1. The standard InChI is InChI=1S/C12H20N4O/c1-4-7-15(8-5-2)12(17)11-10(13)9-14-16(11)6-3/h4,9H,1,5-8,13H2,2-3H3. The van der Waals surface area contributed by atoms with Gasteiger partial charge in [0.05, 0.1) is 11.9 Å². The summed E-state index contributed by atoms with van der Waals surface area (Å²) in [7, 11) is 0. The maximum Gasteiger partial charge on any atom is 0.274 e. The smallest absolute Gasteiger partial charge is 0.274 e. The van der Waals surface area contributed by atoms with Crippen molar-refractivity contribution in [2.24, 2.45) is 0 Å². The van der Waals surface area contributed by atoms with Crippen LogP contribution in [0.25, 0.3) is 0 Å². The highest BCUT2D eigenvalue weighted by atomic mass is 16.2. The summed E-state index contributed by atoms with van der Waals surface area (Å²) in [6.07, 6.45) is 4.14. The first kappa shape index (κ1) is 13.3. The fourth-order valence-corrected chi connectivity index (χ4v) is 1.72. The van der Waals surface area contributed by atoms with E-state index in [9.17, 15) is 4.79 Å². The molecule has 0 saturated heterocycles. The fourth-order valence-electron chi connectivity index (χ4n) is 1.72. The second kappa shape index (κ2) is 6.08. The summed E-state index contributed by atoms with van der Waals surface area (Å²) >= 11 is 0. The van der Waals surface area contributed by atoms with E-state index in [-0.39, 0.29) is 5.91 Å². The Hall–Kier alpha value is -1.78. The topological polar surface area (TPSA) is 64.2 Å². The SMILES string of the molecule is C=CCN(CCC)C(=O)c1c(N)cnn1CC. The van der Waals surface area contributed by atoms with Gasteiger partial charge in [-0.1, -0.05) is 13.0 Å². The van der Waals surface area contributed by atoms with Gasteiger partial charge in [0, 0.05) is 19.6 Å². The number of nitrogens with zero attached hydrogens (tertiary/aromatic N) is 3. The van der Waals surface area contributed by atoms with Gasteiger partial charge < -0.3 is 10.6 Å². The van der Waals surface area contributed by atoms with E-state index in [2.05, 4.69) is 11.7 Å². The zero-order valence-corrected chi connectivity index (χ0v) is 10.5. The second-order valence-corrected chi connectivity index (χ2v) is 3.80. The number of rotatable bonds is 6. The predicted molar refractivity (Wildman–Crippen MR) is 68.7 cm³/mol. The highest BCUT2D eigenvalue weighted by Crippen LogP contribution is 2.14. The zero-order chi connectivity index (χ0) is 12.8. The molecule has 17 heavy (non-hydrogen) atoms. The second-order valence-electron chi connectivity index (χ2n) is 3.80. The number of carbonyl (C=O) groups excluding carboxylic acids is 1. The number of nitrogen functional groups attached to an aromatic ring is 1. The Kier molecular flexibility index (Phi) is 4.75. The molecule has 1 amide bonds. The van der Waals surface area contributed by atoms with Crippen molar-refractivity contribution in [3.8, 4) is 0 Å². The molecule has 0 aliphatic carbocycles. The molecule has 1 aromatic heterocycles. The summed E-state index contributed by atoms with van der Waals surface area (Å²) in [4.78, 5) is 14.1. The molecule has 5 heteroatoms. The quantitative estimate of drug-likeness (QED) is 0.762. The number of aromatic nitrogens is 2. The lowest BCUT2D eigenvalue weighted by Crippen LogP contribution is -2.34. The summed E-state index contributed by atoms with van der Waals surface area (Å²) in [6, 6.07) is 0. The molecule has 0 radical (unpaired) electrons. The first-order valence-electron chi connectivity index (χ1n) is 5.87. The normalized spacial score (nSPS) is 10.2. The molecule has 0 bridgehead atoms. The Bertz CT molecular complexity index is 397. The van der Waals surface area contributed by atoms with E-state index >= 15 is 0 Å². The van der Waals surface area contributed by atoms with Crippen LogP contribution in [0.15, 0.2) is 18.9 Å². The van der Waals surface area contributed by atoms with Crippen molar-refractivity contribution >= 4 is 11.6 Å². The van der Waals surface area contributed by atoms with Gasteiger partial charge in [-0.05, 0) is 13.3 Å². The molecule has 1 rings (SSSR count). The van der Waals surface area contributed by atoms with Gasteiger partial charge in [-0.2, -0.15) is 5.10 Å². The van der Waals surface area contributed by atoms with Crippen LogP contribution >= 0.6 is 0 Å². The van der Waals surface area contributed by atoms with Crippen LogP contribution in [-0.2, 0) is 6.54 Å². The maximum absolute atomic E-state index is 12.3. The number of carbonyl (C=O) groups is 1. The highest BCUT2D eigenvalue weighted by molar-refractivity contribution is 5.97. The first-order valence-corrected chi connectivity index (χ1v) is 5.87. The molecule has 0 spiro atoms. The van der Waals surface area contributed by atoms with Crippen LogP contribution in [0.5, 0.6) is 0 Å². The molecule has 0 unspecified atom stereocenters. The van der Waals surface area contributed by atoms with Gasteiger partial charge >= 0.3 is 0 Å². The lowest BCUT2D eigenvalue weighted by atomic mass is 10.3. The number of anilines is 1. The summed E-state index contributed by atoms with van der Waals surface area (Å²) < 4.78 is 1.63. The third-order valence-electron chi connectivity index (χ3n) is 2.50. The van der Waals surface area contributed by atoms with E-state index < -0.39 is 0 Å². The number of aryl methyl sites for hydroxylation is 1. The molecule has 0 aromatic carbocycles. The first-order chi connectivity index (χ1) is 8.15. The van der Waals surface area contributed by atoms with Crippen molar-refractivity contribution in [3.63, 3.8) is 0 Å². The predicted octanol–water partition coefficient (Wildman–Crippen LogP) is 1.52. The molecule has 0 fully saturated rings. The Morgan fingerprint density at radius 2 is 2.35 bits per heavy atom. The minimum absolute atomic E-state index is 0.0800. The van der Waals surface area contributed by atoms with Crippen LogP contribution < -0.4 is 5.73 Å². The van der Waals surface area contributed by atoms with Crippen molar-refractivity contribution in [3.05, 3.63) is 24.5 Å². The molecule has 0 aliphatic rings. The maximum atomic E-state index is 12.3. The molecule has 0 aliphatic heterocycles. The average molecular weight is 236 g/mol. The van der Waals surface area contributed by atoms with Crippen LogP contribution in [0.1, 0.15) is 30.8 Å². The van der Waals surface area contributed by atoms with Crippen LogP contribution in [0.4, 0.5) is 5.69 Å². The average Bonchev–Trinajstić information content (AvgIpc) is 2.69. The van der Waals surface area contributed by atoms with Gasteiger partial charge in [0.1, 0.15) is 5.69 Å². The third kappa shape index (κ3) is 2.87. The van der Waals surface area contributed by atoms with E-state index in [4.69, 9.17) is 5.73 Å². The molecule has 1 aromatic rings. The van der Waals surface area contributed by atoms with Crippen molar-refractivity contribution in [1.82, 2.24) is 14.7 Å². The van der Waals surface area contributed by atoms with E-state index in [1.807, 2.05) is 13.8 Å². The zero-order valence-electron chi connectivity index (χ0n) is 10.5. The summed E-state index contributed by atoms with van der Waals surface area (Å²) in [5, 5.41) is 4.08. The van der Waals surface area contributed by atoms with Crippen molar-refractivity contribution in [2.45, 2.75) is 26.8 Å². The Balaban J connectivity index is 2.99. The van der Waals surface area contributed by atoms with Gasteiger partial charge in [0.25, 0.3) is 5.91 Å². The monoisotopic (exact) mass is 236 g/mol. The van der Waals surface area contributed by atoms with Crippen molar-refractivity contribution < 1.29 is 4.79 Å². The summed E-state index contributed by atoms with van der Waals surface area (Å²) in [5.41, 5.74) is 6.70. The molecule has 5 nitrogen and oxygen atoms in total. The number of nitrogens with two attached hydrogens (primary N) is 1. The lowest BCUT2D eigenvalue weighted by molar-refractivity contribution is 0.0762. The Morgan fingerprint density at radius 3 is 2.88 bits per heavy atom. The molecular formula is C12H20N4O. The minimum Gasteiger partial charge on any atom is -0.396 e. The molecule has 94 valence electrons. The van der Waals surface area contributed by atoms with E-state index in [1.165, 1.54) is 6.20 Å². The lowest BCUT2D eigenvalue weighted by Gasteiger charge is -2.20. The van der Waals surface area contributed by atoms with E-state index in [0.29, 0.717) is 31.0 Å². The molecule has 2 N–H and O–H groups in total. The van der Waals surface area contributed by atoms with Gasteiger partial charge in [0.2, 0.25) is 0 Å². The molecule has 1 heterocycles. The molecule has 0 atom stereocenters. The van der Waals surface area contributed by atoms with Crippen LogP contribution in [0, 0.1) is 0 Å².